The maximum atomic E-state index is 12.6. The van der Waals surface area contributed by atoms with Gasteiger partial charge in [0.1, 0.15) is 12.4 Å². The van der Waals surface area contributed by atoms with Crippen LogP contribution in [-0.2, 0) is 23.8 Å². The zero-order valence-electron chi connectivity index (χ0n) is 17.9. The van der Waals surface area contributed by atoms with Crippen LogP contribution in [-0.4, -0.2) is 52.0 Å². The van der Waals surface area contributed by atoms with E-state index in [0.717, 1.165) is 12.2 Å². The van der Waals surface area contributed by atoms with Gasteiger partial charge in [-0.25, -0.2) is 4.79 Å². The number of carbonyl (C=O) groups excluding carboxylic acids is 1. The van der Waals surface area contributed by atoms with Crippen molar-refractivity contribution in [3.8, 4) is 0 Å². The number of carboxylic acids is 1. The third-order valence-corrected chi connectivity index (χ3v) is 4.98. The smallest absolute Gasteiger partial charge is 0.340 e. The normalized spacial score (nSPS) is 29.5. The SMILES string of the molecule is C=CCC(C=O)C1C([C@@H]2COC(C)(C)O2)=C([N+](=O)[O-])C=CC1(OC(C)(C)C)C(=O)O. The average molecular weight is 423 g/mol. The van der Waals surface area contributed by atoms with Gasteiger partial charge in [0, 0.05) is 23.5 Å². The number of allylic oxidation sites excluding steroid dienone is 2. The lowest BCUT2D eigenvalue weighted by Crippen LogP contribution is -2.56. The van der Waals surface area contributed by atoms with Gasteiger partial charge in [-0.05, 0) is 47.1 Å². The molecule has 166 valence electrons. The molecule has 0 radical (unpaired) electrons. The Morgan fingerprint density at radius 3 is 2.53 bits per heavy atom. The number of aliphatic carboxylic acids is 1. The van der Waals surface area contributed by atoms with Gasteiger partial charge in [-0.1, -0.05) is 6.08 Å². The summed E-state index contributed by atoms with van der Waals surface area (Å²) < 4.78 is 17.5. The summed E-state index contributed by atoms with van der Waals surface area (Å²) in [6.45, 7) is 12.0. The lowest BCUT2D eigenvalue weighted by molar-refractivity contribution is -0.422. The molecule has 0 aromatic rings. The first-order valence-electron chi connectivity index (χ1n) is 9.67. The average Bonchev–Trinajstić information content (AvgIpc) is 2.97. The molecule has 30 heavy (non-hydrogen) atoms. The summed E-state index contributed by atoms with van der Waals surface area (Å²) in [4.78, 5) is 35.9. The van der Waals surface area contributed by atoms with E-state index in [0.29, 0.717) is 6.29 Å². The highest BCUT2D eigenvalue weighted by Gasteiger charge is 2.58. The first-order valence-corrected chi connectivity index (χ1v) is 9.67. The summed E-state index contributed by atoms with van der Waals surface area (Å²) >= 11 is 0. The number of hydrogen-bond donors (Lipinski definition) is 1. The molecule has 0 saturated carbocycles. The molecule has 1 aliphatic heterocycles. The van der Waals surface area contributed by atoms with Gasteiger partial charge in [-0.3, -0.25) is 10.1 Å². The first kappa shape index (κ1) is 23.9. The molecule has 9 nitrogen and oxygen atoms in total. The molecule has 1 heterocycles. The van der Waals surface area contributed by atoms with Crippen LogP contribution in [0.25, 0.3) is 0 Å². The van der Waals surface area contributed by atoms with Crippen molar-refractivity contribution in [1.82, 2.24) is 0 Å². The largest absolute Gasteiger partial charge is 0.479 e. The lowest BCUT2D eigenvalue weighted by Gasteiger charge is -2.44. The van der Waals surface area contributed by atoms with Crippen molar-refractivity contribution in [1.29, 1.82) is 0 Å². The van der Waals surface area contributed by atoms with Gasteiger partial charge in [0.2, 0.25) is 0 Å². The Morgan fingerprint density at radius 1 is 1.50 bits per heavy atom. The molecule has 0 spiro atoms. The quantitative estimate of drug-likeness (QED) is 0.273. The van der Waals surface area contributed by atoms with Gasteiger partial charge >= 0.3 is 5.97 Å². The molecular formula is C21H29NO8. The number of carboxylic acid groups (broad SMARTS) is 1. The van der Waals surface area contributed by atoms with E-state index in [1.54, 1.807) is 34.6 Å². The fourth-order valence-electron chi connectivity index (χ4n) is 4.03. The van der Waals surface area contributed by atoms with Crippen LogP contribution in [0.5, 0.6) is 0 Å². The zero-order chi connectivity index (χ0) is 22.9. The van der Waals surface area contributed by atoms with Crippen molar-refractivity contribution in [2.75, 3.05) is 6.61 Å². The molecule has 0 bridgehead atoms. The minimum atomic E-state index is -2.02. The van der Waals surface area contributed by atoms with Crippen molar-refractivity contribution in [2.45, 2.75) is 64.1 Å². The Hall–Kier alpha value is -2.36. The van der Waals surface area contributed by atoms with Crippen LogP contribution in [0.4, 0.5) is 0 Å². The van der Waals surface area contributed by atoms with Gasteiger partial charge in [0.15, 0.2) is 11.4 Å². The topological polar surface area (TPSA) is 125 Å². The molecule has 4 atom stereocenters. The van der Waals surface area contributed by atoms with E-state index in [2.05, 4.69) is 6.58 Å². The molecule has 1 fully saturated rings. The van der Waals surface area contributed by atoms with Crippen molar-refractivity contribution in [2.24, 2.45) is 11.8 Å². The summed E-state index contributed by atoms with van der Waals surface area (Å²) in [5.41, 5.74) is -3.19. The van der Waals surface area contributed by atoms with Crippen LogP contribution in [0, 0.1) is 22.0 Å². The number of ether oxygens (including phenoxy) is 3. The Labute approximate surface area is 175 Å². The molecule has 9 heteroatoms. The Morgan fingerprint density at radius 2 is 2.13 bits per heavy atom. The number of hydrogen-bond acceptors (Lipinski definition) is 7. The number of rotatable bonds is 8. The van der Waals surface area contributed by atoms with E-state index >= 15 is 0 Å². The first-order chi connectivity index (χ1) is 13.8. The standard InChI is InChI=1S/C21H29NO8/c1-7-8-13(11-23)17-16(15-12-28-20(5,6)29-15)14(22(26)27)9-10-21(17,18(24)25)30-19(2,3)4/h7,9-11,13,15,17H,1,8,12H2,2-6H3,(H,24,25)/t13?,15-,17?,21?/m0/s1. The predicted octanol–water partition coefficient (Wildman–Crippen LogP) is 2.88. The van der Waals surface area contributed by atoms with E-state index < -0.39 is 45.8 Å². The highest BCUT2D eigenvalue weighted by atomic mass is 16.7. The van der Waals surface area contributed by atoms with Gasteiger partial charge in [-0.15, -0.1) is 6.58 Å². The second-order valence-electron chi connectivity index (χ2n) is 8.86. The van der Waals surface area contributed by atoms with E-state index in [1.165, 1.54) is 6.08 Å². The molecule has 2 aliphatic rings. The fourth-order valence-corrected chi connectivity index (χ4v) is 4.03. The fraction of sp³-hybridized carbons (Fsp3) is 0.619. The second-order valence-corrected chi connectivity index (χ2v) is 8.86. The number of nitrogens with zero attached hydrogens (tertiary/aromatic N) is 1. The molecule has 1 saturated heterocycles. The molecule has 0 aromatic heterocycles. The van der Waals surface area contributed by atoms with E-state index in [1.807, 2.05) is 0 Å². The van der Waals surface area contributed by atoms with Gasteiger partial charge in [-0.2, -0.15) is 0 Å². The summed E-state index contributed by atoms with van der Waals surface area (Å²) in [6, 6.07) is 0. The van der Waals surface area contributed by atoms with Crippen LogP contribution in [0.1, 0.15) is 41.0 Å². The van der Waals surface area contributed by atoms with Crippen LogP contribution < -0.4 is 0 Å². The van der Waals surface area contributed by atoms with Crippen LogP contribution in [0.15, 0.2) is 36.1 Å². The molecule has 2 rings (SSSR count). The number of aldehydes is 1. The monoisotopic (exact) mass is 423 g/mol. The molecular weight excluding hydrogens is 394 g/mol. The molecule has 3 unspecified atom stereocenters. The molecule has 0 aromatic carbocycles. The minimum Gasteiger partial charge on any atom is -0.479 e. The highest BCUT2D eigenvalue weighted by Crippen LogP contribution is 2.47. The van der Waals surface area contributed by atoms with Crippen LogP contribution >= 0.6 is 0 Å². The summed E-state index contributed by atoms with van der Waals surface area (Å²) in [5.74, 6) is -4.51. The van der Waals surface area contributed by atoms with Crippen LogP contribution in [0.2, 0.25) is 0 Å². The Balaban J connectivity index is 2.79. The van der Waals surface area contributed by atoms with E-state index in [9.17, 15) is 24.8 Å². The zero-order valence-corrected chi connectivity index (χ0v) is 17.9. The van der Waals surface area contributed by atoms with Crippen molar-refractivity contribution in [3.63, 3.8) is 0 Å². The Kier molecular flexibility index (Phi) is 6.70. The minimum absolute atomic E-state index is 0.0190. The van der Waals surface area contributed by atoms with Gasteiger partial charge < -0.3 is 24.1 Å². The Bertz CT molecular complexity index is 791. The van der Waals surface area contributed by atoms with E-state index in [4.69, 9.17) is 14.2 Å². The van der Waals surface area contributed by atoms with Gasteiger partial charge in [0.05, 0.1) is 17.1 Å². The highest BCUT2D eigenvalue weighted by molar-refractivity contribution is 5.83. The molecule has 0 amide bonds. The third-order valence-electron chi connectivity index (χ3n) is 4.98. The summed E-state index contributed by atoms with van der Waals surface area (Å²) in [7, 11) is 0. The van der Waals surface area contributed by atoms with Gasteiger partial charge in [0.25, 0.3) is 5.70 Å². The second kappa shape index (κ2) is 8.41. The van der Waals surface area contributed by atoms with Crippen LogP contribution in [0.3, 0.4) is 0 Å². The predicted molar refractivity (Wildman–Crippen MR) is 107 cm³/mol. The molecule has 1 N–H and O–H groups in total. The molecule has 1 aliphatic carbocycles. The summed E-state index contributed by atoms with van der Waals surface area (Å²) in [6.07, 6.45) is 3.54. The lowest BCUT2D eigenvalue weighted by atomic mass is 9.67. The van der Waals surface area contributed by atoms with E-state index in [-0.39, 0.29) is 24.3 Å². The third kappa shape index (κ3) is 4.69. The van der Waals surface area contributed by atoms with Crippen molar-refractivity contribution in [3.05, 3.63) is 46.2 Å². The maximum Gasteiger partial charge on any atom is 0.340 e. The maximum absolute atomic E-state index is 12.6. The van der Waals surface area contributed by atoms with Crippen molar-refractivity contribution >= 4 is 12.3 Å². The number of nitro groups is 1. The summed E-state index contributed by atoms with van der Waals surface area (Å²) in [5, 5.41) is 22.1. The van der Waals surface area contributed by atoms with Crippen molar-refractivity contribution < 1.29 is 33.8 Å². The number of carbonyl (C=O) groups is 2.